The van der Waals surface area contributed by atoms with Crippen molar-refractivity contribution < 1.29 is 14.6 Å². The number of β-amino-alcohol motifs (C(OH)–C–C–N with tert-alkyl or cyclic N) is 1. The second-order valence-corrected chi connectivity index (χ2v) is 3.69. The summed E-state index contributed by atoms with van der Waals surface area (Å²) >= 11 is 0. The van der Waals surface area contributed by atoms with Gasteiger partial charge in [-0.1, -0.05) is 0 Å². The molecule has 1 fully saturated rings. The van der Waals surface area contributed by atoms with E-state index in [1.165, 1.54) is 7.11 Å². The first-order valence-corrected chi connectivity index (χ1v) is 4.87. The molecule has 5 heteroatoms. The van der Waals surface area contributed by atoms with Gasteiger partial charge in [-0.15, -0.1) is 0 Å². The topological polar surface area (TPSA) is 75.8 Å². The first-order valence-electron chi connectivity index (χ1n) is 4.87. The molecule has 2 atom stereocenters. The van der Waals surface area contributed by atoms with Crippen molar-refractivity contribution >= 4 is 5.97 Å². The molecule has 0 aromatic rings. The van der Waals surface area contributed by atoms with Gasteiger partial charge in [0.05, 0.1) is 13.2 Å². The summed E-state index contributed by atoms with van der Waals surface area (Å²) in [5.41, 5.74) is 5.61. The van der Waals surface area contributed by atoms with Crippen LogP contribution in [0.3, 0.4) is 0 Å². The van der Waals surface area contributed by atoms with E-state index in [-0.39, 0.29) is 6.10 Å². The molecule has 82 valence electrons. The number of hydrogen-bond acceptors (Lipinski definition) is 5. The Morgan fingerprint density at radius 1 is 1.79 bits per heavy atom. The van der Waals surface area contributed by atoms with Gasteiger partial charge < -0.3 is 15.6 Å². The van der Waals surface area contributed by atoms with Crippen LogP contribution in [-0.4, -0.2) is 54.9 Å². The molecular weight excluding hydrogens is 184 g/mol. The molecule has 1 aliphatic rings. The lowest BCUT2D eigenvalue weighted by atomic mass is 10.1. The smallest absolute Gasteiger partial charge is 0.323 e. The van der Waals surface area contributed by atoms with Gasteiger partial charge in [-0.25, -0.2) is 0 Å². The number of methoxy groups -OCH3 is 1. The third-order valence-electron chi connectivity index (χ3n) is 2.44. The fourth-order valence-corrected chi connectivity index (χ4v) is 1.70. The fourth-order valence-electron chi connectivity index (χ4n) is 1.70. The zero-order chi connectivity index (χ0) is 10.6. The molecule has 1 aliphatic heterocycles. The number of piperidine rings is 1. The second-order valence-electron chi connectivity index (χ2n) is 3.69. The van der Waals surface area contributed by atoms with E-state index in [0.717, 1.165) is 19.4 Å². The zero-order valence-electron chi connectivity index (χ0n) is 8.48. The molecule has 0 aliphatic carbocycles. The first-order chi connectivity index (χ1) is 6.63. The highest BCUT2D eigenvalue weighted by molar-refractivity contribution is 5.75. The minimum atomic E-state index is -0.606. The highest BCUT2D eigenvalue weighted by atomic mass is 16.5. The van der Waals surface area contributed by atoms with Gasteiger partial charge in [0.25, 0.3) is 0 Å². The normalized spacial score (nSPS) is 25.8. The molecule has 0 radical (unpaired) electrons. The van der Waals surface area contributed by atoms with E-state index in [1.54, 1.807) is 0 Å². The van der Waals surface area contributed by atoms with Gasteiger partial charge in [0.2, 0.25) is 0 Å². The molecule has 0 saturated carbocycles. The minimum absolute atomic E-state index is 0.284. The SMILES string of the molecule is COC(=O)C(N)CN1CCCC(O)C1. The van der Waals surface area contributed by atoms with Crippen molar-refractivity contribution in [2.75, 3.05) is 26.7 Å². The standard InChI is InChI=1S/C9H18N2O3/c1-14-9(13)8(10)6-11-4-2-3-7(12)5-11/h7-8,12H,2-6,10H2,1H3. The van der Waals surface area contributed by atoms with Crippen LogP contribution in [0.15, 0.2) is 0 Å². The van der Waals surface area contributed by atoms with Gasteiger partial charge >= 0.3 is 5.97 Å². The van der Waals surface area contributed by atoms with Crippen LogP contribution in [-0.2, 0) is 9.53 Å². The number of carbonyl (C=O) groups is 1. The maximum Gasteiger partial charge on any atom is 0.323 e. The molecule has 5 nitrogen and oxygen atoms in total. The molecule has 1 heterocycles. The summed E-state index contributed by atoms with van der Waals surface area (Å²) in [5, 5.41) is 9.39. The maximum absolute atomic E-state index is 11.0. The Kier molecular flexibility index (Phi) is 4.31. The second kappa shape index (κ2) is 5.29. The quantitative estimate of drug-likeness (QED) is 0.571. The molecule has 0 aromatic carbocycles. The molecule has 3 N–H and O–H groups in total. The van der Waals surface area contributed by atoms with Crippen molar-refractivity contribution in [1.29, 1.82) is 0 Å². The van der Waals surface area contributed by atoms with E-state index in [2.05, 4.69) is 4.74 Å². The van der Waals surface area contributed by atoms with Crippen molar-refractivity contribution in [3.63, 3.8) is 0 Å². The van der Waals surface area contributed by atoms with Crippen LogP contribution >= 0.6 is 0 Å². The van der Waals surface area contributed by atoms with Gasteiger partial charge in [-0.3, -0.25) is 9.69 Å². The highest BCUT2D eigenvalue weighted by Gasteiger charge is 2.22. The Bertz CT molecular complexity index is 198. The van der Waals surface area contributed by atoms with Gasteiger partial charge in [0.15, 0.2) is 0 Å². The first kappa shape index (κ1) is 11.4. The van der Waals surface area contributed by atoms with Crippen molar-refractivity contribution in [3.8, 4) is 0 Å². The van der Waals surface area contributed by atoms with Crippen molar-refractivity contribution in [1.82, 2.24) is 4.90 Å². The molecule has 1 saturated heterocycles. The minimum Gasteiger partial charge on any atom is -0.468 e. The molecular formula is C9H18N2O3. The van der Waals surface area contributed by atoms with Crippen LogP contribution in [0.25, 0.3) is 0 Å². The number of rotatable bonds is 3. The number of ether oxygens (including phenoxy) is 1. The van der Waals surface area contributed by atoms with Crippen LogP contribution in [0.1, 0.15) is 12.8 Å². The lowest BCUT2D eigenvalue weighted by molar-refractivity contribution is -0.142. The Hall–Kier alpha value is -0.650. The summed E-state index contributed by atoms with van der Waals surface area (Å²) in [5.74, 6) is -0.398. The van der Waals surface area contributed by atoms with E-state index in [4.69, 9.17) is 5.73 Å². The number of likely N-dealkylation sites (tertiary alicyclic amines) is 1. The number of aliphatic hydroxyl groups is 1. The zero-order valence-corrected chi connectivity index (χ0v) is 8.48. The van der Waals surface area contributed by atoms with Crippen molar-refractivity contribution in [3.05, 3.63) is 0 Å². The third kappa shape index (κ3) is 3.25. The van der Waals surface area contributed by atoms with E-state index < -0.39 is 12.0 Å². The molecule has 0 spiro atoms. The van der Waals surface area contributed by atoms with Crippen LogP contribution in [0.2, 0.25) is 0 Å². The van der Waals surface area contributed by atoms with E-state index in [9.17, 15) is 9.90 Å². The lowest BCUT2D eigenvalue weighted by Crippen LogP contribution is -2.47. The van der Waals surface area contributed by atoms with Crippen LogP contribution in [0, 0.1) is 0 Å². The third-order valence-corrected chi connectivity index (χ3v) is 2.44. The average Bonchev–Trinajstić information content (AvgIpc) is 2.16. The summed E-state index contributed by atoms with van der Waals surface area (Å²) in [6.07, 6.45) is 1.51. The molecule has 0 aromatic heterocycles. The van der Waals surface area contributed by atoms with Crippen molar-refractivity contribution in [2.24, 2.45) is 5.73 Å². The summed E-state index contributed by atoms with van der Waals surface area (Å²) < 4.78 is 4.53. The van der Waals surface area contributed by atoms with Crippen LogP contribution in [0.4, 0.5) is 0 Å². The summed E-state index contributed by atoms with van der Waals surface area (Å²) in [7, 11) is 1.33. The Balaban J connectivity index is 2.32. The van der Waals surface area contributed by atoms with Gasteiger partial charge in [-0.2, -0.15) is 0 Å². The Labute approximate surface area is 83.8 Å². The molecule has 1 rings (SSSR count). The van der Waals surface area contributed by atoms with Crippen LogP contribution in [0.5, 0.6) is 0 Å². The summed E-state index contributed by atoms with van der Waals surface area (Å²) in [4.78, 5) is 13.0. The summed E-state index contributed by atoms with van der Waals surface area (Å²) in [6.45, 7) is 1.95. The predicted molar refractivity (Wildman–Crippen MR) is 51.7 cm³/mol. The predicted octanol–water partition coefficient (Wildman–Crippen LogP) is -1.06. The van der Waals surface area contributed by atoms with Crippen molar-refractivity contribution in [2.45, 2.75) is 25.0 Å². The number of aliphatic hydroxyl groups excluding tert-OH is 1. The van der Waals surface area contributed by atoms with Gasteiger partial charge in [0.1, 0.15) is 6.04 Å². The molecule has 14 heavy (non-hydrogen) atoms. The maximum atomic E-state index is 11.0. The van der Waals surface area contributed by atoms with E-state index in [1.807, 2.05) is 4.90 Å². The molecule has 0 bridgehead atoms. The highest BCUT2D eigenvalue weighted by Crippen LogP contribution is 2.09. The molecule has 0 amide bonds. The van der Waals surface area contributed by atoms with E-state index >= 15 is 0 Å². The Morgan fingerprint density at radius 3 is 3.07 bits per heavy atom. The number of esters is 1. The van der Waals surface area contributed by atoms with Gasteiger partial charge in [0, 0.05) is 13.1 Å². The summed E-state index contributed by atoms with van der Waals surface area (Å²) in [6, 6.07) is -0.606. The Morgan fingerprint density at radius 2 is 2.50 bits per heavy atom. The average molecular weight is 202 g/mol. The number of hydrogen-bond donors (Lipinski definition) is 2. The largest absolute Gasteiger partial charge is 0.468 e. The van der Waals surface area contributed by atoms with E-state index in [0.29, 0.717) is 13.1 Å². The number of carbonyl (C=O) groups excluding carboxylic acids is 1. The lowest BCUT2D eigenvalue weighted by Gasteiger charge is -2.31. The molecule has 2 unspecified atom stereocenters. The van der Waals surface area contributed by atoms with Gasteiger partial charge in [-0.05, 0) is 19.4 Å². The number of nitrogens with two attached hydrogens (primary N) is 1. The fraction of sp³-hybridized carbons (Fsp3) is 0.889. The monoisotopic (exact) mass is 202 g/mol. The number of nitrogens with zero attached hydrogens (tertiary/aromatic N) is 1. The van der Waals surface area contributed by atoms with Crippen LogP contribution < -0.4 is 5.73 Å².